The highest BCUT2D eigenvalue weighted by Crippen LogP contribution is 2.17. The molecule has 1 aliphatic rings. The number of rotatable bonds is 3. The average molecular weight is 183 g/mol. The summed E-state index contributed by atoms with van der Waals surface area (Å²) in [7, 11) is 0. The molecule has 3 heteroatoms. The third-order valence-electron chi connectivity index (χ3n) is 2.64. The lowest BCUT2D eigenvalue weighted by molar-refractivity contribution is -0.133. The van der Waals surface area contributed by atoms with Crippen LogP contribution in [0.15, 0.2) is 12.2 Å². The van der Waals surface area contributed by atoms with Crippen molar-refractivity contribution < 1.29 is 9.90 Å². The number of carbonyl (C=O) groups is 1. The zero-order valence-electron chi connectivity index (χ0n) is 8.12. The maximum atomic E-state index is 10.6. The Bertz CT molecular complexity index is 213. The van der Waals surface area contributed by atoms with Crippen molar-refractivity contribution in [1.82, 2.24) is 4.90 Å². The fourth-order valence-corrected chi connectivity index (χ4v) is 1.71. The quantitative estimate of drug-likeness (QED) is 0.674. The number of piperidine rings is 1. The molecule has 0 aromatic carbocycles. The van der Waals surface area contributed by atoms with Crippen LogP contribution in [0.1, 0.15) is 26.2 Å². The van der Waals surface area contributed by atoms with Crippen LogP contribution in [0.25, 0.3) is 0 Å². The Labute approximate surface area is 79.0 Å². The van der Waals surface area contributed by atoms with Crippen LogP contribution < -0.4 is 0 Å². The van der Waals surface area contributed by atoms with E-state index in [0.29, 0.717) is 18.2 Å². The van der Waals surface area contributed by atoms with Crippen molar-refractivity contribution >= 4 is 5.97 Å². The van der Waals surface area contributed by atoms with E-state index in [1.54, 1.807) is 0 Å². The van der Waals surface area contributed by atoms with E-state index in [-0.39, 0.29) is 0 Å². The first-order chi connectivity index (χ1) is 6.11. The van der Waals surface area contributed by atoms with Crippen LogP contribution in [0.5, 0.6) is 0 Å². The van der Waals surface area contributed by atoms with Crippen LogP contribution in [0, 0.1) is 0 Å². The molecule has 0 bridgehead atoms. The summed E-state index contributed by atoms with van der Waals surface area (Å²) in [5.41, 5.74) is 0.300. The van der Waals surface area contributed by atoms with Crippen LogP contribution >= 0.6 is 0 Å². The van der Waals surface area contributed by atoms with Gasteiger partial charge in [0, 0.05) is 18.2 Å². The van der Waals surface area contributed by atoms with Crippen molar-refractivity contribution in [1.29, 1.82) is 0 Å². The average Bonchev–Trinajstić information content (AvgIpc) is 2.08. The van der Waals surface area contributed by atoms with Crippen LogP contribution in [-0.2, 0) is 4.79 Å². The van der Waals surface area contributed by atoms with Gasteiger partial charge >= 0.3 is 5.97 Å². The molecule has 1 rings (SSSR count). The highest BCUT2D eigenvalue weighted by molar-refractivity contribution is 5.86. The molecule has 1 aliphatic heterocycles. The van der Waals surface area contributed by atoms with E-state index in [0.717, 1.165) is 6.54 Å². The number of carboxylic acid groups (broad SMARTS) is 1. The van der Waals surface area contributed by atoms with E-state index < -0.39 is 5.97 Å². The maximum absolute atomic E-state index is 10.6. The molecule has 13 heavy (non-hydrogen) atoms. The summed E-state index contributed by atoms with van der Waals surface area (Å²) < 4.78 is 0. The molecule has 0 radical (unpaired) electrons. The normalized spacial score (nSPS) is 24.2. The largest absolute Gasteiger partial charge is 0.478 e. The first kappa shape index (κ1) is 10.3. The third kappa shape index (κ3) is 2.84. The Morgan fingerprint density at radius 3 is 2.85 bits per heavy atom. The summed E-state index contributed by atoms with van der Waals surface area (Å²) in [5.74, 6) is -0.877. The predicted molar refractivity (Wildman–Crippen MR) is 51.7 cm³/mol. The Balaban J connectivity index is 2.42. The first-order valence-corrected chi connectivity index (χ1v) is 4.76. The number of hydrogen-bond acceptors (Lipinski definition) is 2. The highest BCUT2D eigenvalue weighted by atomic mass is 16.4. The molecule has 1 atom stereocenters. The molecular formula is C10H17NO2. The molecule has 0 aromatic rings. The van der Waals surface area contributed by atoms with Crippen LogP contribution in [0.2, 0.25) is 0 Å². The SMILES string of the molecule is C=C(CN1CCCCC1C)C(=O)O. The lowest BCUT2D eigenvalue weighted by Gasteiger charge is -2.33. The molecule has 0 aliphatic carbocycles. The second kappa shape index (κ2) is 4.42. The number of nitrogens with zero attached hydrogens (tertiary/aromatic N) is 1. The summed E-state index contributed by atoms with van der Waals surface area (Å²) >= 11 is 0. The molecular weight excluding hydrogens is 166 g/mol. The fraction of sp³-hybridized carbons (Fsp3) is 0.700. The number of hydrogen-bond donors (Lipinski definition) is 1. The lowest BCUT2D eigenvalue weighted by atomic mass is 10.0. The fourth-order valence-electron chi connectivity index (χ4n) is 1.71. The van der Waals surface area contributed by atoms with Crippen molar-refractivity contribution in [3.05, 3.63) is 12.2 Å². The number of carboxylic acids is 1. The van der Waals surface area contributed by atoms with Crippen LogP contribution in [-0.4, -0.2) is 35.1 Å². The van der Waals surface area contributed by atoms with Gasteiger partial charge in [0.05, 0.1) is 0 Å². The molecule has 0 spiro atoms. The molecule has 1 saturated heterocycles. The van der Waals surface area contributed by atoms with Gasteiger partial charge in [-0.1, -0.05) is 13.0 Å². The Kier molecular flexibility index (Phi) is 3.48. The lowest BCUT2D eigenvalue weighted by Crippen LogP contribution is -2.39. The van der Waals surface area contributed by atoms with Crippen molar-refractivity contribution in [2.75, 3.05) is 13.1 Å². The minimum Gasteiger partial charge on any atom is -0.478 e. The van der Waals surface area contributed by atoms with Gasteiger partial charge in [0.25, 0.3) is 0 Å². The summed E-state index contributed by atoms with van der Waals surface area (Å²) in [5, 5.41) is 8.67. The standard InChI is InChI=1S/C10H17NO2/c1-8(10(12)13)7-11-6-4-3-5-9(11)2/h9H,1,3-7H2,2H3,(H,12,13). The van der Waals surface area contributed by atoms with Crippen LogP contribution in [0.4, 0.5) is 0 Å². The monoisotopic (exact) mass is 183 g/mol. The van der Waals surface area contributed by atoms with E-state index >= 15 is 0 Å². The van der Waals surface area contributed by atoms with Gasteiger partial charge in [-0.15, -0.1) is 0 Å². The Hall–Kier alpha value is -0.830. The van der Waals surface area contributed by atoms with Gasteiger partial charge in [-0.2, -0.15) is 0 Å². The van der Waals surface area contributed by atoms with Gasteiger partial charge in [-0.3, -0.25) is 4.90 Å². The van der Waals surface area contributed by atoms with E-state index in [1.807, 2.05) is 0 Å². The van der Waals surface area contributed by atoms with Crippen LogP contribution in [0.3, 0.4) is 0 Å². The number of likely N-dealkylation sites (tertiary alicyclic amines) is 1. The minimum absolute atomic E-state index is 0.300. The van der Waals surface area contributed by atoms with Gasteiger partial charge in [0.1, 0.15) is 0 Å². The molecule has 0 saturated carbocycles. The van der Waals surface area contributed by atoms with E-state index in [4.69, 9.17) is 5.11 Å². The zero-order valence-corrected chi connectivity index (χ0v) is 8.12. The number of aliphatic carboxylic acids is 1. The van der Waals surface area contributed by atoms with E-state index in [9.17, 15) is 4.79 Å². The molecule has 0 aromatic heterocycles. The topological polar surface area (TPSA) is 40.5 Å². The van der Waals surface area contributed by atoms with Gasteiger partial charge < -0.3 is 5.11 Å². The van der Waals surface area contributed by atoms with Crippen molar-refractivity contribution in [2.45, 2.75) is 32.2 Å². The van der Waals surface area contributed by atoms with Gasteiger partial charge in [-0.25, -0.2) is 4.79 Å². The van der Waals surface area contributed by atoms with Gasteiger partial charge in [0.15, 0.2) is 0 Å². The van der Waals surface area contributed by atoms with Crippen molar-refractivity contribution in [3.63, 3.8) is 0 Å². The molecule has 1 heterocycles. The molecule has 1 N–H and O–H groups in total. The van der Waals surface area contributed by atoms with Crippen molar-refractivity contribution in [3.8, 4) is 0 Å². The van der Waals surface area contributed by atoms with Crippen molar-refractivity contribution in [2.24, 2.45) is 0 Å². The highest BCUT2D eigenvalue weighted by Gasteiger charge is 2.19. The molecule has 74 valence electrons. The first-order valence-electron chi connectivity index (χ1n) is 4.76. The van der Waals surface area contributed by atoms with E-state index in [2.05, 4.69) is 18.4 Å². The summed E-state index contributed by atoms with van der Waals surface area (Å²) in [6.45, 7) is 7.21. The Morgan fingerprint density at radius 1 is 1.62 bits per heavy atom. The van der Waals surface area contributed by atoms with Gasteiger partial charge in [-0.05, 0) is 26.3 Å². The third-order valence-corrected chi connectivity index (χ3v) is 2.64. The second-order valence-corrected chi connectivity index (χ2v) is 3.72. The second-order valence-electron chi connectivity index (χ2n) is 3.72. The molecule has 1 unspecified atom stereocenters. The van der Waals surface area contributed by atoms with E-state index in [1.165, 1.54) is 19.3 Å². The zero-order chi connectivity index (χ0) is 9.84. The smallest absolute Gasteiger partial charge is 0.332 e. The molecule has 3 nitrogen and oxygen atoms in total. The maximum Gasteiger partial charge on any atom is 0.332 e. The van der Waals surface area contributed by atoms with Gasteiger partial charge in [0.2, 0.25) is 0 Å². The summed E-state index contributed by atoms with van der Waals surface area (Å²) in [6, 6.07) is 0.504. The summed E-state index contributed by atoms with van der Waals surface area (Å²) in [6.07, 6.45) is 3.61. The minimum atomic E-state index is -0.877. The molecule has 1 fully saturated rings. The predicted octanol–water partition coefficient (Wildman–Crippen LogP) is 1.50. The summed E-state index contributed by atoms with van der Waals surface area (Å²) in [4.78, 5) is 12.7. The molecule has 0 amide bonds. The Morgan fingerprint density at radius 2 is 2.31 bits per heavy atom.